The summed E-state index contributed by atoms with van der Waals surface area (Å²) in [6.45, 7) is 0. The maximum Gasteiger partial charge on any atom is 0.271 e. The lowest BCUT2D eigenvalue weighted by Gasteiger charge is -2.22. The van der Waals surface area contributed by atoms with Crippen molar-refractivity contribution in [3.8, 4) is 0 Å². The molecule has 1 aromatic rings. The van der Waals surface area contributed by atoms with Crippen LogP contribution in [0.3, 0.4) is 0 Å². The lowest BCUT2D eigenvalue weighted by molar-refractivity contribution is -0.144. The van der Waals surface area contributed by atoms with E-state index in [1.54, 1.807) is 24.3 Å². The second-order valence-electron chi connectivity index (χ2n) is 7.15. The van der Waals surface area contributed by atoms with Crippen LogP contribution in [0.5, 0.6) is 0 Å². The zero-order valence-electron chi connectivity index (χ0n) is 12.7. The fourth-order valence-corrected chi connectivity index (χ4v) is 5.22. The zero-order valence-corrected chi connectivity index (χ0v) is 13.5. The maximum absolute atomic E-state index is 12.8. The summed E-state index contributed by atoms with van der Waals surface area (Å²) in [6, 6.07) is 6.56. The van der Waals surface area contributed by atoms with Crippen molar-refractivity contribution in [2.45, 2.75) is 12.8 Å². The molecular weight excluding hydrogens is 328 g/mol. The molecule has 3 fully saturated rings. The molecule has 0 aromatic heterocycles. The largest absolute Gasteiger partial charge is 0.272 e. The van der Waals surface area contributed by atoms with Crippen LogP contribution in [0.4, 0.5) is 0 Å². The molecule has 2 bridgehead atoms. The first kappa shape index (κ1) is 14.2. The highest BCUT2D eigenvalue weighted by molar-refractivity contribution is 6.33. The predicted molar refractivity (Wildman–Crippen MR) is 85.5 cm³/mol. The standard InChI is InChI=1S/C18H15ClN2O3/c19-12-4-2-1-3-9(12)15(22)20-21-16(23)13-10-5-6-11(14(13)17(21)24)18(10)7-8-18/h1-6,10-11,13-14H,7-8H2,(H,20,22)/t10-,11-,13-,14+/m0/s1. The number of carbonyl (C=O) groups excluding carboxylic acids is 3. The van der Waals surface area contributed by atoms with Gasteiger partial charge in [-0.1, -0.05) is 35.9 Å². The van der Waals surface area contributed by atoms with E-state index < -0.39 is 5.91 Å². The molecule has 3 amide bonds. The Morgan fingerprint density at radius 3 is 2.21 bits per heavy atom. The van der Waals surface area contributed by atoms with Crippen LogP contribution < -0.4 is 5.43 Å². The third kappa shape index (κ3) is 1.58. The van der Waals surface area contributed by atoms with Crippen molar-refractivity contribution in [1.82, 2.24) is 10.4 Å². The van der Waals surface area contributed by atoms with Crippen molar-refractivity contribution < 1.29 is 14.4 Å². The lowest BCUT2D eigenvalue weighted by Crippen LogP contribution is -2.48. The Kier molecular flexibility index (Phi) is 2.65. The van der Waals surface area contributed by atoms with Gasteiger partial charge in [0.2, 0.25) is 0 Å². The maximum atomic E-state index is 12.8. The number of fused-ring (bicyclic) bond motifs is 3. The van der Waals surface area contributed by atoms with E-state index in [-0.39, 0.29) is 51.5 Å². The van der Waals surface area contributed by atoms with Crippen molar-refractivity contribution in [1.29, 1.82) is 0 Å². The van der Waals surface area contributed by atoms with Gasteiger partial charge in [0.1, 0.15) is 0 Å². The number of halogens is 1. The van der Waals surface area contributed by atoms with Crippen molar-refractivity contribution in [2.24, 2.45) is 29.1 Å². The first-order chi connectivity index (χ1) is 11.5. The van der Waals surface area contributed by atoms with Gasteiger partial charge >= 0.3 is 0 Å². The number of allylic oxidation sites excluding steroid dienone is 2. The van der Waals surface area contributed by atoms with Crippen molar-refractivity contribution in [2.75, 3.05) is 0 Å². The minimum absolute atomic E-state index is 0.145. The topological polar surface area (TPSA) is 66.5 Å². The number of carbonyl (C=O) groups is 3. The van der Waals surface area contributed by atoms with Gasteiger partial charge in [0.15, 0.2) is 0 Å². The van der Waals surface area contributed by atoms with E-state index in [1.165, 1.54) is 0 Å². The highest BCUT2D eigenvalue weighted by Gasteiger charge is 2.73. The molecule has 5 nitrogen and oxygen atoms in total. The van der Waals surface area contributed by atoms with Gasteiger partial charge in [-0.25, -0.2) is 0 Å². The van der Waals surface area contributed by atoms with Gasteiger partial charge in [0.25, 0.3) is 17.7 Å². The molecule has 24 heavy (non-hydrogen) atoms. The summed E-state index contributed by atoms with van der Waals surface area (Å²) in [7, 11) is 0. The average molecular weight is 343 g/mol. The van der Waals surface area contributed by atoms with E-state index in [1.807, 2.05) is 0 Å². The fraction of sp³-hybridized carbons (Fsp3) is 0.389. The molecule has 122 valence electrons. The van der Waals surface area contributed by atoms with Gasteiger partial charge in [-0.05, 0) is 42.2 Å². The van der Waals surface area contributed by atoms with E-state index in [9.17, 15) is 14.4 Å². The summed E-state index contributed by atoms with van der Waals surface area (Å²) in [5, 5.41) is 1.21. The molecule has 1 saturated heterocycles. The van der Waals surface area contributed by atoms with Crippen LogP contribution in [-0.2, 0) is 9.59 Å². The molecular formula is C18H15ClN2O3. The molecule has 1 aromatic carbocycles. The van der Waals surface area contributed by atoms with Crippen LogP contribution in [0.25, 0.3) is 0 Å². The molecule has 1 N–H and O–H groups in total. The van der Waals surface area contributed by atoms with Gasteiger partial charge in [0, 0.05) is 0 Å². The van der Waals surface area contributed by atoms with Crippen LogP contribution >= 0.6 is 11.6 Å². The number of nitrogens with one attached hydrogen (secondary N) is 1. The number of hydrogen-bond donors (Lipinski definition) is 1. The first-order valence-corrected chi connectivity index (χ1v) is 8.54. The zero-order chi connectivity index (χ0) is 16.6. The minimum atomic E-state index is -0.538. The Hall–Kier alpha value is -2.14. The summed E-state index contributed by atoms with van der Waals surface area (Å²) in [5.41, 5.74) is 2.86. The Bertz CT molecular complexity index is 795. The van der Waals surface area contributed by atoms with Crippen molar-refractivity contribution >= 4 is 29.3 Å². The highest BCUT2D eigenvalue weighted by Crippen LogP contribution is 2.73. The van der Waals surface area contributed by atoms with E-state index in [0.29, 0.717) is 0 Å². The van der Waals surface area contributed by atoms with Crippen molar-refractivity contribution in [3.63, 3.8) is 0 Å². The Labute approximate surface area is 143 Å². The third-order valence-electron chi connectivity index (χ3n) is 6.18. The van der Waals surface area contributed by atoms with Crippen LogP contribution in [0.15, 0.2) is 36.4 Å². The van der Waals surface area contributed by atoms with Gasteiger partial charge in [-0.3, -0.25) is 19.8 Å². The predicted octanol–water partition coefficient (Wildman–Crippen LogP) is 2.18. The van der Waals surface area contributed by atoms with E-state index >= 15 is 0 Å². The number of imide groups is 1. The number of hydrazine groups is 1. The highest BCUT2D eigenvalue weighted by atomic mass is 35.5. The molecule has 0 unspecified atom stereocenters. The molecule has 1 aliphatic heterocycles. The molecule has 4 aliphatic rings. The number of nitrogens with zero attached hydrogens (tertiary/aromatic N) is 1. The Balaban J connectivity index is 1.42. The molecule has 1 spiro atoms. The smallest absolute Gasteiger partial charge is 0.271 e. The molecule has 3 aliphatic carbocycles. The second kappa shape index (κ2) is 4.48. The molecule has 6 heteroatoms. The van der Waals surface area contributed by atoms with Gasteiger partial charge in [0.05, 0.1) is 22.4 Å². The lowest BCUT2D eigenvalue weighted by atomic mass is 9.85. The summed E-state index contributed by atoms with van der Waals surface area (Å²) < 4.78 is 0. The number of hydrogen-bond acceptors (Lipinski definition) is 3. The number of benzene rings is 1. The van der Waals surface area contributed by atoms with Crippen LogP contribution in [0.2, 0.25) is 5.02 Å². The van der Waals surface area contributed by atoms with Crippen LogP contribution in [0, 0.1) is 29.1 Å². The molecule has 5 rings (SSSR count). The average Bonchev–Trinajstić information content (AvgIpc) is 3.18. The molecule has 2 saturated carbocycles. The molecule has 0 radical (unpaired) electrons. The first-order valence-electron chi connectivity index (χ1n) is 8.16. The summed E-state index contributed by atoms with van der Waals surface area (Å²) in [5.74, 6) is -1.45. The molecule has 4 atom stereocenters. The van der Waals surface area contributed by atoms with Gasteiger partial charge in [-0.2, -0.15) is 5.01 Å². The minimum Gasteiger partial charge on any atom is -0.272 e. The van der Waals surface area contributed by atoms with Gasteiger partial charge in [-0.15, -0.1) is 0 Å². The van der Waals surface area contributed by atoms with Gasteiger partial charge < -0.3 is 0 Å². The monoisotopic (exact) mass is 342 g/mol. The van der Waals surface area contributed by atoms with Crippen LogP contribution in [-0.4, -0.2) is 22.7 Å². The normalized spacial score (nSPS) is 34.1. The SMILES string of the molecule is O=C(NN1C(=O)[C@@H]2[C@H](C1=O)[C@@H]1C=C[C@@H]2C12CC2)c1ccccc1Cl. The van der Waals surface area contributed by atoms with E-state index in [0.717, 1.165) is 17.9 Å². The van der Waals surface area contributed by atoms with Crippen molar-refractivity contribution in [3.05, 3.63) is 47.0 Å². The third-order valence-corrected chi connectivity index (χ3v) is 6.51. The van der Waals surface area contributed by atoms with E-state index in [2.05, 4.69) is 17.6 Å². The number of amides is 3. The Morgan fingerprint density at radius 2 is 1.67 bits per heavy atom. The van der Waals surface area contributed by atoms with E-state index in [4.69, 9.17) is 11.6 Å². The Morgan fingerprint density at radius 1 is 1.08 bits per heavy atom. The summed E-state index contributed by atoms with van der Waals surface area (Å²) in [6.07, 6.45) is 6.39. The quantitative estimate of drug-likeness (QED) is 0.661. The summed E-state index contributed by atoms with van der Waals surface area (Å²) >= 11 is 6.02. The van der Waals surface area contributed by atoms with Crippen LogP contribution in [0.1, 0.15) is 23.2 Å². The number of rotatable bonds is 2. The fourth-order valence-electron chi connectivity index (χ4n) is 5.00. The molecule has 1 heterocycles. The second-order valence-corrected chi connectivity index (χ2v) is 7.56. The summed E-state index contributed by atoms with van der Waals surface area (Å²) in [4.78, 5) is 37.9.